The Kier molecular flexibility index (Phi) is 22.1. The third kappa shape index (κ3) is 17.8. The van der Waals surface area contributed by atoms with Gasteiger partial charge in [0.25, 0.3) is 0 Å². The number of halogens is 3. The molecule has 3 amide bonds. The van der Waals surface area contributed by atoms with Crippen LogP contribution in [0.3, 0.4) is 0 Å². The fourth-order valence-corrected chi connectivity index (χ4v) is 12.2. The van der Waals surface area contributed by atoms with E-state index < -0.39 is 0 Å². The van der Waals surface area contributed by atoms with Crippen LogP contribution in [-0.2, 0) is 34.0 Å². The molecule has 0 unspecified atom stereocenters. The van der Waals surface area contributed by atoms with Gasteiger partial charge < -0.3 is 33.8 Å². The van der Waals surface area contributed by atoms with Crippen molar-refractivity contribution in [2.75, 3.05) is 93.2 Å². The van der Waals surface area contributed by atoms with Crippen LogP contribution in [0.15, 0.2) is 199 Å². The van der Waals surface area contributed by atoms with Gasteiger partial charge in [0.15, 0.2) is 23.3 Å². The van der Waals surface area contributed by atoms with Crippen LogP contribution in [0.25, 0.3) is 45.6 Å². The van der Waals surface area contributed by atoms with E-state index in [1.165, 1.54) is 60.3 Å². The van der Waals surface area contributed by atoms with Crippen LogP contribution < -0.4 is 14.7 Å². The molecule has 22 nitrogen and oxygen atoms in total. The zero-order valence-corrected chi connectivity index (χ0v) is 56.0. The predicted molar refractivity (Wildman–Crippen MR) is 379 cm³/mol. The number of pyridine rings is 3. The quantitative estimate of drug-likeness (QED) is 0.0982. The molecule has 4 aliphatic rings. The molecule has 7 aromatic heterocycles. The maximum Gasteiger partial charge on any atom is 0.244 e. The van der Waals surface area contributed by atoms with E-state index in [0.717, 1.165) is 67.6 Å². The lowest BCUT2D eigenvalue weighted by Gasteiger charge is -2.35. The summed E-state index contributed by atoms with van der Waals surface area (Å²) < 4.78 is 50.0. The molecule has 102 heavy (non-hydrogen) atoms. The fraction of sp³-hybridized carbons (Fsp3) is 0.273. The number of carbonyl (C=O) groups excluding carboxylic acids is 3. The van der Waals surface area contributed by atoms with Crippen molar-refractivity contribution >= 4 is 35.2 Å². The Hall–Kier alpha value is -12.3. The van der Waals surface area contributed by atoms with Gasteiger partial charge in [-0.25, -0.2) is 47.2 Å². The van der Waals surface area contributed by atoms with Gasteiger partial charge in [-0.1, -0.05) is 67.5 Å². The highest BCUT2D eigenvalue weighted by atomic mass is 19.1. The van der Waals surface area contributed by atoms with E-state index in [1.807, 2.05) is 99.6 Å². The molecule has 25 heteroatoms. The number of nitrogens with zero attached hydrogens (tertiary/aromatic N) is 18. The minimum absolute atomic E-state index is 0.0121. The summed E-state index contributed by atoms with van der Waals surface area (Å²) in [5.74, 6) is 17.4. The monoisotopic (exact) mass is 1370 g/mol. The number of hydrogen-bond acceptors (Lipinski definition) is 16. The molecule has 3 saturated heterocycles. The van der Waals surface area contributed by atoms with E-state index in [0.29, 0.717) is 110 Å². The van der Waals surface area contributed by atoms with Crippen LogP contribution in [0.1, 0.15) is 49.3 Å². The van der Waals surface area contributed by atoms with Gasteiger partial charge >= 0.3 is 0 Å². The van der Waals surface area contributed by atoms with Crippen molar-refractivity contribution in [3.63, 3.8) is 0 Å². The second kappa shape index (κ2) is 33.1. The zero-order valence-electron chi connectivity index (χ0n) is 56.0. The first-order valence-corrected chi connectivity index (χ1v) is 34.0. The maximum absolute atomic E-state index is 13.4. The summed E-state index contributed by atoms with van der Waals surface area (Å²) in [6, 6.07) is 46.8. The first kappa shape index (κ1) is 68.3. The molecule has 4 fully saturated rings. The highest BCUT2D eigenvalue weighted by Gasteiger charge is 2.28. The van der Waals surface area contributed by atoms with Crippen molar-refractivity contribution < 1.29 is 32.0 Å². The predicted octanol–water partition coefficient (Wildman–Crippen LogP) is 10.1. The summed E-state index contributed by atoms with van der Waals surface area (Å²) >= 11 is 0. The van der Waals surface area contributed by atoms with Gasteiger partial charge in [0, 0.05) is 125 Å². The Balaban J connectivity index is 0.000000137. The Labute approximate surface area is 588 Å². The van der Waals surface area contributed by atoms with Crippen LogP contribution in [0, 0.1) is 47.1 Å². The molecule has 4 aromatic carbocycles. The van der Waals surface area contributed by atoms with Crippen molar-refractivity contribution in [3.05, 3.63) is 230 Å². The number of anilines is 3. The number of benzene rings is 4. The zero-order chi connectivity index (χ0) is 70.0. The van der Waals surface area contributed by atoms with Gasteiger partial charge in [-0.3, -0.25) is 14.4 Å². The molecule has 15 rings (SSSR count). The van der Waals surface area contributed by atoms with E-state index in [2.05, 4.69) is 83.6 Å². The van der Waals surface area contributed by atoms with Crippen molar-refractivity contribution in [1.82, 2.24) is 73.9 Å². The SMILES string of the molecule is O=C(Cn1nc(-c2ccc(F)cc2)nc1-c1ccoc1)N1CCN(c2ccccn2)CC1.O=C(Cn1nc(-c2ccc(F)cc2)nc1C#CC1CCCCC1)N1CCN(c2ccccn2)CC1.O=C(Cn1nc(-c2ccc(F)cc2)nc1C#Cc1ccccc1)N1CCN(c2ccccn2)CC1. The lowest BCUT2D eigenvalue weighted by molar-refractivity contribution is -0.133. The number of furan rings is 1. The minimum atomic E-state index is -0.336. The highest BCUT2D eigenvalue weighted by molar-refractivity contribution is 5.78. The summed E-state index contributed by atoms with van der Waals surface area (Å²) in [6.45, 7) is 8.13. The van der Waals surface area contributed by atoms with Crippen LogP contribution in [0.5, 0.6) is 0 Å². The molecule has 1 aliphatic carbocycles. The molecule has 0 atom stereocenters. The van der Waals surface area contributed by atoms with Gasteiger partial charge in [-0.05, 0) is 152 Å². The van der Waals surface area contributed by atoms with Gasteiger partial charge in [-0.15, -0.1) is 15.3 Å². The number of hydrogen-bond donors (Lipinski definition) is 0. The van der Waals surface area contributed by atoms with Gasteiger partial charge in [0.05, 0.1) is 11.8 Å². The van der Waals surface area contributed by atoms with Crippen LogP contribution in [0.2, 0.25) is 0 Å². The van der Waals surface area contributed by atoms with Crippen molar-refractivity contribution in [1.29, 1.82) is 0 Å². The number of piperazine rings is 3. The lowest BCUT2D eigenvalue weighted by Crippen LogP contribution is -2.50. The number of amides is 3. The number of rotatable bonds is 13. The Bertz CT molecular complexity index is 4680. The second-order valence-electron chi connectivity index (χ2n) is 24.7. The van der Waals surface area contributed by atoms with Crippen molar-refractivity contribution in [2.45, 2.75) is 51.7 Å². The summed E-state index contributed by atoms with van der Waals surface area (Å²) in [7, 11) is 0. The summed E-state index contributed by atoms with van der Waals surface area (Å²) in [4.78, 5) is 78.3. The Morgan fingerprint density at radius 3 is 1.20 bits per heavy atom. The van der Waals surface area contributed by atoms with E-state index >= 15 is 0 Å². The Morgan fingerprint density at radius 1 is 0.402 bits per heavy atom. The van der Waals surface area contributed by atoms with Crippen molar-refractivity contribution in [3.8, 4) is 69.2 Å². The molecule has 11 aromatic rings. The first-order chi connectivity index (χ1) is 50.0. The molecule has 0 bridgehead atoms. The lowest BCUT2D eigenvalue weighted by atomic mass is 9.90. The van der Waals surface area contributed by atoms with Gasteiger partial charge in [0.1, 0.15) is 60.8 Å². The highest BCUT2D eigenvalue weighted by Crippen LogP contribution is 2.27. The molecule has 0 radical (unpaired) electrons. The van der Waals surface area contributed by atoms with Crippen LogP contribution in [-0.4, -0.2) is 170 Å². The average Bonchev–Trinajstić information content (AvgIpc) is 1.62. The number of aromatic nitrogens is 12. The Morgan fingerprint density at radius 2 is 0.794 bits per heavy atom. The largest absolute Gasteiger partial charge is 0.472 e. The summed E-state index contributed by atoms with van der Waals surface area (Å²) in [6.07, 6.45) is 14.3. The molecule has 0 N–H and O–H groups in total. The van der Waals surface area contributed by atoms with E-state index in [9.17, 15) is 27.6 Å². The summed E-state index contributed by atoms with van der Waals surface area (Å²) in [5.41, 5.74) is 3.58. The van der Waals surface area contributed by atoms with Gasteiger partial charge in [-0.2, -0.15) is 9.97 Å². The molecule has 3 aliphatic heterocycles. The molecular weight excluding hydrogens is 1300 g/mol. The third-order valence-electron chi connectivity index (χ3n) is 17.9. The average molecular weight is 1370 g/mol. The molecule has 516 valence electrons. The molecule has 10 heterocycles. The van der Waals surface area contributed by atoms with E-state index in [-0.39, 0.29) is 54.8 Å². The molecule has 1 saturated carbocycles. The molecule has 0 spiro atoms. The van der Waals surface area contributed by atoms with Crippen LogP contribution >= 0.6 is 0 Å². The standard InChI is InChI=1S/C27H29FN6O.C27H23FN6O.C23H21FN6O2/c2*28-23-12-10-22(11-13-23)27-30-25(14-9-21-6-2-1-3-7-21)34(31-27)20-26(35)33-18-16-32(17-19-33)24-8-4-5-15-29-24;24-19-6-4-17(5-7-19)22-26-23(18-8-14-32-16-18)30(27-22)15-21(31)29-12-10-28(11-13-29)20-3-1-2-9-25-20/h4-5,8,10-13,15,21H,1-3,6-7,16-20H2;1-8,10-13,15H,16-20H2;1-9,14,16H,10-13,15H2. The second-order valence-corrected chi connectivity index (χ2v) is 24.7. The number of carbonyl (C=O) groups is 3. The summed E-state index contributed by atoms with van der Waals surface area (Å²) in [5, 5.41) is 13.7. The minimum Gasteiger partial charge on any atom is -0.472 e. The first-order valence-electron chi connectivity index (χ1n) is 34.0. The fourth-order valence-electron chi connectivity index (χ4n) is 12.2. The smallest absolute Gasteiger partial charge is 0.244 e. The normalized spacial score (nSPS) is 14.7. The maximum atomic E-state index is 13.4. The van der Waals surface area contributed by atoms with Crippen molar-refractivity contribution in [2.24, 2.45) is 5.92 Å². The van der Waals surface area contributed by atoms with Gasteiger partial charge in [0.2, 0.25) is 29.4 Å². The van der Waals surface area contributed by atoms with Crippen LogP contribution in [0.4, 0.5) is 30.6 Å². The van der Waals surface area contributed by atoms with E-state index in [4.69, 9.17) is 4.42 Å². The topological polar surface area (TPSA) is 215 Å². The molecular formula is C77H73F3N18O4. The van der Waals surface area contributed by atoms with E-state index in [1.54, 1.807) is 82.9 Å². The third-order valence-corrected chi connectivity index (χ3v) is 17.9.